The molecule has 1 aliphatic rings. The number of allylic oxidation sites excluding steroid dienone is 17. The number of nitrogens with one attached hydrogen (secondary N) is 1. The van der Waals surface area contributed by atoms with Crippen molar-refractivity contribution >= 4 is 11.9 Å². The molecule has 1 fully saturated rings. The number of hydrogen-bond acceptors (Lipinski definition) is 10. The topological polar surface area (TPSA) is 175 Å². The summed E-state index contributed by atoms with van der Waals surface area (Å²) in [6.07, 6.45) is 61.2. The molecule has 0 spiro atoms. The number of carbonyl (C=O) groups excluding carboxylic acids is 2. The summed E-state index contributed by atoms with van der Waals surface area (Å²) in [5, 5.41) is 56.9. The van der Waals surface area contributed by atoms with Gasteiger partial charge in [0.2, 0.25) is 5.91 Å². The highest BCUT2D eigenvalue weighted by Crippen LogP contribution is 2.26. The summed E-state index contributed by atoms with van der Waals surface area (Å²) in [6, 6.07) is -1.05. The Bertz CT molecular complexity index is 1660. The van der Waals surface area contributed by atoms with Gasteiger partial charge in [-0.05, 0) is 109 Å². The highest BCUT2D eigenvalue weighted by molar-refractivity contribution is 5.80. The van der Waals surface area contributed by atoms with E-state index in [-0.39, 0.29) is 19.4 Å². The third-order valence-corrected chi connectivity index (χ3v) is 13.7. The molecule has 0 aliphatic carbocycles. The normalized spacial score (nSPS) is 19.8. The first-order valence-electron chi connectivity index (χ1n) is 30.7. The number of aliphatic hydroxyl groups excluding tert-OH is 5. The van der Waals surface area contributed by atoms with Gasteiger partial charge in [-0.25, -0.2) is 0 Å². The van der Waals surface area contributed by atoms with E-state index in [4.69, 9.17) is 14.2 Å². The van der Waals surface area contributed by atoms with Crippen LogP contribution < -0.4 is 5.32 Å². The van der Waals surface area contributed by atoms with E-state index in [1.54, 1.807) is 6.08 Å². The van der Waals surface area contributed by atoms with E-state index in [1.807, 2.05) is 6.08 Å². The van der Waals surface area contributed by atoms with Gasteiger partial charge in [0, 0.05) is 6.42 Å². The van der Waals surface area contributed by atoms with Crippen molar-refractivity contribution in [2.45, 2.75) is 282 Å². The lowest BCUT2D eigenvalue weighted by molar-refractivity contribution is -0.305. The van der Waals surface area contributed by atoms with Crippen LogP contribution in [0.4, 0.5) is 0 Å². The Kier molecular flexibility index (Phi) is 49.1. The predicted octanol–water partition coefficient (Wildman–Crippen LogP) is 14.5. The summed E-state index contributed by atoms with van der Waals surface area (Å²) in [6.45, 7) is 5.60. The van der Waals surface area contributed by atoms with Crippen molar-refractivity contribution in [3.8, 4) is 0 Å². The number of carbonyl (C=O) groups is 2. The minimum atomic E-state index is -1.63. The molecule has 77 heavy (non-hydrogen) atoms. The van der Waals surface area contributed by atoms with E-state index in [0.717, 1.165) is 128 Å². The second-order valence-corrected chi connectivity index (χ2v) is 20.7. The van der Waals surface area contributed by atoms with Crippen molar-refractivity contribution in [1.29, 1.82) is 0 Å². The molecule has 11 heteroatoms. The zero-order valence-electron chi connectivity index (χ0n) is 48.5. The van der Waals surface area contributed by atoms with Crippen LogP contribution in [0.3, 0.4) is 0 Å². The summed E-state index contributed by atoms with van der Waals surface area (Å²) in [7, 11) is 0. The molecule has 0 aromatic heterocycles. The second kappa shape index (κ2) is 53.0. The molecule has 0 aromatic carbocycles. The minimum absolute atomic E-state index is 0.0924. The van der Waals surface area contributed by atoms with Crippen molar-refractivity contribution in [1.82, 2.24) is 5.32 Å². The van der Waals surface area contributed by atoms with Crippen LogP contribution in [-0.4, -0.2) is 99.6 Å². The van der Waals surface area contributed by atoms with Gasteiger partial charge in [0.05, 0.1) is 25.4 Å². The summed E-state index contributed by atoms with van der Waals surface area (Å²) in [5.41, 5.74) is 0. The average molecular weight is 1080 g/mol. The number of aliphatic hydroxyl groups is 5. The molecule has 0 aromatic rings. The van der Waals surface area contributed by atoms with E-state index in [1.165, 1.54) is 57.8 Å². The van der Waals surface area contributed by atoms with Gasteiger partial charge in [0.15, 0.2) is 12.4 Å². The van der Waals surface area contributed by atoms with Gasteiger partial charge >= 0.3 is 5.97 Å². The predicted molar refractivity (Wildman–Crippen MR) is 319 cm³/mol. The number of hydrogen-bond donors (Lipinski definition) is 6. The van der Waals surface area contributed by atoms with Crippen LogP contribution in [0.25, 0.3) is 0 Å². The Morgan fingerprint density at radius 1 is 0.519 bits per heavy atom. The maximum Gasteiger partial charge on any atom is 0.306 e. The Morgan fingerprint density at radius 3 is 1.43 bits per heavy atom. The van der Waals surface area contributed by atoms with Crippen molar-refractivity contribution in [3.63, 3.8) is 0 Å². The van der Waals surface area contributed by atoms with E-state index >= 15 is 0 Å². The molecule has 1 saturated heterocycles. The lowest BCUT2D eigenvalue weighted by Crippen LogP contribution is -2.61. The quantitative estimate of drug-likeness (QED) is 0.0195. The molecule has 6 N–H and O–H groups in total. The minimum Gasteiger partial charge on any atom is -0.454 e. The highest BCUT2D eigenvalue weighted by Gasteiger charge is 2.47. The molecule has 0 bridgehead atoms. The van der Waals surface area contributed by atoms with Crippen molar-refractivity contribution in [2.75, 3.05) is 13.2 Å². The first-order valence-corrected chi connectivity index (χ1v) is 30.7. The molecule has 11 nitrogen and oxygen atoms in total. The van der Waals surface area contributed by atoms with Gasteiger partial charge in [0.1, 0.15) is 24.4 Å². The lowest BCUT2D eigenvalue weighted by Gasteiger charge is -2.41. The van der Waals surface area contributed by atoms with Gasteiger partial charge in [-0.3, -0.25) is 9.59 Å². The lowest BCUT2D eigenvalue weighted by atomic mass is 9.99. The Morgan fingerprint density at radius 2 is 0.935 bits per heavy atom. The van der Waals surface area contributed by atoms with Crippen molar-refractivity contribution < 1.29 is 49.3 Å². The molecule has 1 heterocycles. The smallest absolute Gasteiger partial charge is 0.306 e. The Labute approximate surface area is 468 Å². The van der Waals surface area contributed by atoms with Crippen LogP contribution in [0.2, 0.25) is 0 Å². The van der Waals surface area contributed by atoms with E-state index in [2.05, 4.69) is 123 Å². The molecule has 440 valence electrons. The molecule has 0 saturated carbocycles. The van der Waals surface area contributed by atoms with Crippen LogP contribution in [0.15, 0.2) is 109 Å². The molecule has 1 rings (SSSR count). The maximum absolute atomic E-state index is 13.4. The zero-order valence-corrected chi connectivity index (χ0v) is 48.5. The average Bonchev–Trinajstić information content (AvgIpc) is 3.43. The van der Waals surface area contributed by atoms with E-state index in [9.17, 15) is 35.1 Å². The first kappa shape index (κ1) is 71.3. The Hall–Kier alpha value is -3.68. The molecule has 8 unspecified atom stereocenters. The fraction of sp³-hybridized carbons (Fsp3) is 0.697. The largest absolute Gasteiger partial charge is 0.454 e. The number of unbranched alkanes of at least 4 members (excludes halogenated alkanes) is 20. The standard InChI is InChI=1S/C66H111NO10/c1-4-7-10-13-16-19-22-24-26-28-29-30-31-32-34-36-39-42-45-48-51-54-61(71)77-64-63(73)62(72)60(55-68)76-66(64)75-56-57(58(69)52-49-46-43-40-37-21-18-15-12-9-6-3)67-65(74)59(70)53-50-47-44-41-38-35-33-27-25-23-20-17-14-11-8-5-2/h7,10,16-17,19-20,24-27,29-30,32,34-35,38,49,52,57-60,62-64,66,68-70,72-73H,4-6,8-9,11-15,18,21-23,28,31,33,36-37,39-48,50-51,53-56H2,1-3H3,(H,67,74)/b10-7-,19-16-,20-17-,26-24-,27-25-,30-29-,34-32-,38-35-,52-49+. The van der Waals surface area contributed by atoms with Crippen LogP contribution in [0.1, 0.15) is 233 Å². The number of esters is 1. The van der Waals surface area contributed by atoms with Gasteiger partial charge < -0.3 is 45.1 Å². The highest BCUT2D eigenvalue weighted by atomic mass is 16.7. The van der Waals surface area contributed by atoms with Crippen LogP contribution in [-0.2, 0) is 23.8 Å². The molecule has 1 amide bonds. The summed E-state index contributed by atoms with van der Waals surface area (Å²) >= 11 is 0. The van der Waals surface area contributed by atoms with Crippen LogP contribution in [0.5, 0.6) is 0 Å². The zero-order chi connectivity index (χ0) is 56.1. The maximum atomic E-state index is 13.4. The van der Waals surface area contributed by atoms with E-state index in [0.29, 0.717) is 12.8 Å². The van der Waals surface area contributed by atoms with Gasteiger partial charge in [-0.2, -0.15) is 0 Å². The fourth-order valence-corrected chi connectivity index (χ4v) is 8.80. The number of ether oxygens (including phenoxy) is 3. The summed E-state index contributed by atoms with van der Waals surface area (Å²) in [5.74, 6) is -1.25. The van der Waals surface area contributed by atoms with Gasteiger partial charge in [-0.15, -0.1) is 0 Å². The molecule has 1 aliphatic heterocycles. The molecule has 0 radical (unpaired) electrons. The monoisotopic (exact) mass is 1080 g/mol. The van der Waals surface area contributed by atoms with Crippen LogP contribution in [0, 0.1) is 0 Å². The van der Waals surface area contributed by atoms with Crippen molar-refractivity contribution in [3.05, 3.63) is 109 Å². The molecule has 8 atom stereocenters. The first-order chi connectivity index (χ1) is 37.7. The second-order valence-electron chi connectivity index (χ2n) is 20.7. The van der Waals surface area contributed by atoms with Crippen molar-refractivity contribution in [2.24, 2.45) is 0 Å². The van der Waals surface area contributed by atoms with E-state index < -0.39 is 67.4 Å². The number of amides is 1. The third-order valence-electron chi connectivity index (χ3n) is 13.7. The Balaban J connectivity index is 2.70. The van der Waals surface area contributed by atoms with Gasteiger partial charge in [0.25, 0.3) is 0 Å². The summed E-state index contributed by atoms with van der Waals surface area (Å²) in [4.78, 5) is 26.5. The fourth-order valence-electron chi connectivity index (χ4n) is 8.80. The molecular formula is C66H111NO10. The number of rotatable bonds is 50. The SMILES string of the molecule is CC/C=C\C/C=C\C/C=C\C/C=C\C/C=C\CCCCCCCC(=O)OC1C(OCC(NC(=O)C(O)CCCCC/C=C\C/C=C\C/C=C\CCCCC)C(O)/C=C/CCCCCCCCCCC)OC(CO)C(O)C1O. The van der Waals surface area contributed by atoms with Gasteiger partial charge in [-0.1, -0.05) is 226 Å². The summed E-state index contributed by atoms with van der Waals surface area (Å²) < 4.78 is 17.6. The molecular weight excluding hydrogens is 967 g/mol. The van der Waals surface area contributed by atoms with Crippen LogP contribution >= 0.6 is 0 Å². The third kappa shape index (κ3) is 41.1.